The molecule has 0 saturated heterocycles. The molecule has 0 aliphatic heterocycles. The number of hydrogen-bond donors (Lipinski definition) is 0. The number of carbonyl (C=O) groups excluding carboxylic acids is 1. The third kappa shape index (κ3) is 4.70. The number of methoxy groups -OCH3 is 1. The molecule has 26 heavy (non-hydrogen) atoms. The Labute approximate surface area is 155 Å². The van der Waals surface area contributed by atoms with Gasteiger partial charge < -0.3 is 14.0 Å². The van der Waals surface area contributed by atoms with Gasteiger partial charge >= 0.3 is 5.97 Å². The Morgan fingerprint density at radius 1 is 1.15 bits per heavy atom. The largest absolute Gasteiger partial charge is 0.497 e. The Morgan fingerprint density at radius 3 is 2.58 bits per heavy atom. The maximum Gasteiger partial charge on any atom is 0.331 e. The van der Waals surface area contributed by atoms with Gasteiger partial charge in [0.2, 0.25) is 5.82 Å². The van der Waals surface area contributed by atoms with Crippen LogP contribution in [0.4, 0.5) is 0 Å². The molecule has 3 aromatic rings. The van der Waals surface area contributed by atoms with E-state index in [1.54, 1.807) is 61.7 Å². The number of ether oxygens (including phenoxy) is 2. The van der Waals surface area contributed by atoms with Crippen LogP contribution in [0, 0.1) is 0 Å². The summed E-state index contributed by atoms with van der Waals surface area (Å²) in [4.78, 5) is 16.0. The molecule has 1 aromatic heterocycles. The predicted molar refractivity (Wildman–Crippen MR) is 96.6 cm³/mol. The summed E-state index contributed by atoms with van der Waals surface area (Å²) in [6.07, 6.45) is 2.96. The van der Waals surface area contributed by atoms with Crippen LogP contribution in [0.1, 0.15) is 11.4 Å². The molecule has 0 aliphatic rings. The van der Waals surface area contributed by atoms with Crippen LogP contribution in [0.2, 0.25) is 5.02 Å². The lowest BCUT2D eigenvalue weighted by atomic mass is 10.2. The highest BCUT2D eigenvalue weighted by Crippen LogP contribution is 2.20. The molecule has 0 N–H and O–H groups in total. The van der Waals surface area contributed by atoms with Gasteiger partial charge in [-0.1, -0.05) is 28.9 Å². The Balaban J connectivity index is 1.55. The summed E-state index contributed by atoms with van der Waals surface area (Å²) in [5, 5.41) is 4.44. The standard InChI is InChI=1S/C19H15ClN2O4/c1-24-16-9-5-14(6-10-16)19-21-17(22-26-19)12-25-18(23)11-4-13-2-7-15(20)8-3-13/h2-11H,12H2,1H3/b11-4+. The van der Waals surface area contributed by atoms with E-state index < -0.39 is 5.97 Å². The van der Waals surface area contributed by atoms with Gasteiger partial charge in [-0.25, -0.2) is 4.79 Å². The molecule has 0 unspecified atom stereocenters. The van der Waals surface area contributed by atoms with Crippen molar-refractivity contribution in [3.63, 3.8) is 0 Å². The van der Waals surface area contributed by atoms with E-state index in [0.717, 1.165) is 16.9 Å². The fourth-order valence-electron chi connectivity index (χ4n) is 2.09. The molecule has 0 aliphatic carbocycles. The number of benzene rings is 2. The molecule has 0 amide bonds. The van der Waals surface area contributed by atoms with Crippen molar-refractivity contribution >= 4 is 23.6 Å². The SMILES string of the molecule is COc1ccc(-c2nc(COC(=O)/C=C/c3ccc(Cl)cc3)no2)cc1. The second-order valence-electron chi connectivity index (χ2n) is 5.24. The highest BCUT2D eigenvalue weighted by atomic mass is 35.5. The predicted octanol–water partition coefficient (Wildman–Crippen LogP) is 4.16. The van der Waals surface area contributed by atoms with Crippen molar-refractivity contribution in [2.45, 2.75) is 6.61 Å². The normalized spacial score (nSPS) is 10.8. The maximum absolute atomic E-state index is 11.8. The van der Waals surface area contributed by atoms with Crippen molar-refractivity contribution < 1.29 is 18.8 Å². The van der Waals surface area contributed by atoms with Crippen LogP contribution in [0.25, 0.3) is 17.5 Å². The van der Waals surface area contributed by atoms with E-state index in [0.29, 0.717) is 10.9 Å². The lowest BCUT2D eigenvalue weighted by Gasteiger charge is -1.99. The first-order chi connectivity index (χ1) is 12.6. The van der Waals surface area contributed by atoms with Crippen LogP contribution in [0.15, 0.2) is 59.1 Å². The summed E-state index contributed by atoms with van der Waals surface area (Å²) in [7, 11) is 1.59. The van der Waals surface area contributed by atoms with Crippen molar-refractivity contribution in [3.8, 4) is 17.2 Å². The second-order valence-corrected chi connectivity index (χ2v) is 5.67. The van der Waals surface area contributed by atoms with Crippen molar-refractivity contribution in [2.24, 2.45) is 0 Å². The lowest BCUT2D eigenvalue weighted by molar-refractivity contribution is -0.139. The van der Waals surface area contributed by atoms with Gasteiger partial charge in [0.25, 0.3) is 5.89 Å². The zero-order valence-corrected chi connectivity index (χ0v) is 14.6. The molecule has 132 valence electrons. The van der Waals surface area contributed by atoms with E-state index in [1.807, 2.05) is 0 Å². The molecule has 0 bridgehead atoms. The fraction of sp³-hybridized carbons (Fsp3) is 0.105. The second kappa shape index (κ2) is 8.31. The van der Waals surface area contributed by atoms with Crippen LogP contribution in [0.5, 0.6) is 5.75 Å². The van der Waals surface area contributed by atoms with E-state index in [4.69, 9.17) is 25.6 Å². The minimum atomic E-state index is -0.504. The van der Waals surface area contributed by atoms with Gasteiger partial charge in [0.05, 0.1) is 7.11 Å². The number of halogens is 1. The molecule has 0 atom stereocenters. The average molecular weight is 371 g/mol. The molecule has 3 rings (SSSR count). The first kappa shape index (κ1) is 17.7. The number of esters is 1. The van der Waals surface area contributed by atoms with Crippen LogP contribution < -0.4 is 4.74 Å². The monoisotopic (exact) mass is 370 g/mol. The van der Waals surface area contributed by atoms with E-state index >= 15 is 0 Å². The zero-order chi connectivity index (χ0) is 18.4. The molecule has 0 spiro atoms. The van der Waals surface area contributed by atoms with E-state index in [2.05, 4.69) is 10.1 Å². The Kier molecular flexibility index (Phi) is 5.66. The molecule has 2 aromatic carbocycles. The van der Waals surface area contributed by atoms with Crippen LogP contribution in [-0.4, -0.2) is 23.2 Å². The first-order valence-corrected chi connectivity index (χ1v) is 8.09. The average Bonchev–Trinajstić information content (AvgIpc) is 3.15. The van der Waals surface area contributed by atoms with Crippen LogP contribution in [-0.2, 0) is 16.1 Å². The van der Waals surface area contributed by atoms with E-state index in [1.165, 1.54) is 6.08 Å². The highest BCUT2D eigenvalue weighted by Gasteiger charge is 2.10. The zero-order valence-electron chi connectivity index (χ0n) is 13.9. The summed E-state index contributed by atoms with van der Waals surface area (Å²) in [5.74, 6) is 0.852. The lowest BCUT2D eigenvalue weighted by Crippen LogP contribution is -2.02. The number of rotatable bonds is 6. The van der Waals surface area contributed by atoms with Gasteiger partial charge in [-0.05, 0) is 48.0 Å². The number of nitrogens with zero attached hydrogens (tertiary/aromatic N) is 2. The van der Waals surface area contributed by atoms with E-state index in [-0.39, 0.29) is 12.4 Å². The van der Waals surface area contributed by atoms with Crippen molar-refractivity contribution in [2.75, 3.05) is 7.11 Å². The van der Waals surface area contributed by atoms with Gasteiger partial charge in [0.15, 0.2) is 6.61 Å². The molecule has 0 fully saturated rings. The smallest absolute Gasteiger partial charge is 0.331 e. The summed E-state index contributed by atoms with van der Waals surface area (Å²) in [6.45, 7) is -0.0799. The molecular weight excluding hydrogens is 356 g/mol. The number of carbonyl (C=O) groups is 1. The topological polar surface area (TPSA) is 74.5 Å². The molecular formula is C19H15ClN2O4. The Bertz CT molecular complexity index is 902. The summed E-state index contributed by atoms with van der Waals surface area (Å²) >= 11 is 5.81. The van der Waals surface area contributed by atoms with Gasteiger partial charge in [-0.2, -0.15) is 4.98 Å². The maximum atomic E-state index is 11.8. The van der Waals surface area contributed by atoms with Crippen molar-refractivity contribution in [3.05, 3.63) is 71.0 Å². The quantitative estimate of drug-likeness (QED) is 0.479. The molecule has 1 heterocycles. The number of aromatic nitrogens is 2. The molecule has 6 nitrogen and oxygen atoms in total. The summed E-state index contributed by atoms with van der Waals surface area (Å²) in [6, 6.07) is 14.3. The fourth-order valence-corrected chi connectivity index (χ4v) is 2.21. The Hall–Kier alpha value is -3.12. The third-order valence-corrected chi connectivity index (χ3v) is 3.68. The highest BCUT2D eigenvalue weighted by molar-refractivity contribution is 6.30. The van der Waals surface area contributed by atoms with Crippen LogP contribution >= 0.6 is 11.6 Å². The number of hydrogen-bond acceptors (Lipinski definition) is 6. The molecule has 0 radical (unpaired) electrons. The minimum Gasteiger partial charge on any atom is -0.497 e. The summed E-state index contributed by atoms with van der Waals surface area (Å²) in [5.41, 5.74) is 1.59. The Morgan fingerprint density at radius 2 is 1.88 bits per heavy atom. The van der Waals surface area contributed by atoms with Gasteiger partial charge in [0.1, 0.15) is 5.75 Å². The van der Waals surface area contributed by atoms with Crippen molar-refractivity contribution in [1.29, 1.82) is 0 Å². The van der Waals surface area contributed by atoms with E-state index in [9.17, 15) is 4.79 Å². The van der Waals surface area contributed by atoms with Gasteiger partial charge in [-0.15, -0.1) is 0 Å². The van der Waals surface area contributed by atoms with Gasteiger partial charge in [-0.3, -0.25) is 0 Å². The first-order valence-electron chi connectivity index (χ1n) is 7.71. The molecule has 0 saturated carbocycles. The summed E-state index contributed by atoms with van der Waals surface area (Å²) < 4.78 is 15.4. The third-order valence-electron chi connectivity index (χ3n) is 3.43. The van der Waals surface area contributed by atoms with Crippen LogP contribution in [0.3, 0.4) is 0 Å². The molecule has 7 heteroatoms. The van der Waals surface area contributed by atoms with Crippen molar-refractivity contribution in [1.82, 2.24) is 10.1 Å². The minimum absolute atomic E-state index is 0.0799. The van der Waals surface area contributed by atoms with Gasteiger partial charge in [0, 0.05) is 16.7 Å².